The number of nitrogens with one attached hydrogen (secondary N) is 2. The number of halogens is 3. The average molecular weight is 458 g/mol. The third-order valence-electron chi connectivity index (χ3n) is 4.59. The van der Waals surface area contributed by atoms with Crippen LogP contribution in [0.15, 0.2) is 47.4 Å². The van der Waals surface area contributed by atoms with E-state index in [1.807, 2.05) is 0 Å². The number of hydrogen-bond donors (Lipinski definition) is 3. The van der Waals surface area contributed by atoms with Gasteiger partial charge in [-0.1, -0.05) is 29.8 Å². The van der Waals surface area contributed by atoms with E-state index in [0.29, 0.717) is 10.6 Å². The number of amides is 2. The highest BCUT2D eigenvalue weighted by Crippen LogP contribution is 2.48. The van der Waals surface area contributed by atoms with Gasteiger partial charge in [0.2, 0.25) is 15.9 Å². The summed E-state index contributed by atoms with van der Waals surface area (Å²) in [6.45, 7) is -0.286. The molecule has 3 rings (SSSR count). The van der Waals surface area contributed by atoms with Crippen LogP contribution in [0.3, 0.4) is 0 Å². The monoisotopic (exact) mass is 457 g/mol. The molecule has 1 atom stereocenters. The van der Waals surface area contributed by atoms with E-state index < -0.39 is 38.6 Å². The van der Waals surface area contributed by atoms with Gasteiger partial charge in [-0.3, -0.25) is 9.59 Å². The molecule has 0 aliphatic heterocycles. The van der Waals surface area contributed by atoms with Gasteiger partial charge in [-0.05, 0) is 29.8 Å². The van der Waals surface area contributed by atoms with E-state index in [1.54, 1.807) is 24.3 Å². The van der Waals surface area contributed by atoms with E-state index in [2.05, 4.69) is 10.6 Å². The van der Waals surface area contributed by atoms with Crippen molar-refractivity contribution in [1.29, 1.82) is 0 Å². The van der Waals surface area contributed by atoms with Gasteiger partial charge in [-0.25, -0.2) is 22.3 Å². The van der Waals surface area contributed by atoms with Crippen LogP contribution < -0.4 is 15.8 Å². The van der Waals surface area contributed by atoms with E-state index in [0.717, 1.165) is 12.1 Å². The summed E-state index contributed by atoms with van der Waals surface area (Å²) in [7, 11) is -4.33. The zero-order chi connectivity index (χ0) is 22.1. The summed E-state index contributed by atoms with van der Waals surface area (Å²) in [5.74, 6) is -5.10. The lowest BCUT2D eigenvalue weighted by Crippen LogP contribution is -2.29. The number of hydrogen-bond acceptors (Lipinski definition) is 4. The first-order valence-electron chi connectivity index (χ1n) is 8.83. The maximum absolute atomic E-state index is 13.0. The van der Waals surface area contributed by atoms with Crippen LogP contribution in [0.1, 0.15) is 22.3 Å². The van der Waals surface area contributed by atoms with Gasteiger partial charge in [0.25, 0.3) is 11.8 Å². The Kier molecular flexibility index (Phi) is 6.11. The molecular formula is C19H18ClF2N3O4S. The van der Waals surface area contributed by atoms with Crippen LogP contribution in [0, 0.1) is 5.92 Å². The van der Waals surface area contributed by atoms with Crippen molar-refractivity contribution in [2.75, 3.05) is 11.9 Å². The highest BCUT2D eigenvalue weighted by Gasteiger charge is 2.56. The minimum atomic E-state index is -4.33. The first-order chi connectivity index (χ1) is 14.0. The predicted octanol–water partition coefficient (Wildman–Crippen LogP) is 2.55. The smallest absolute Gasteiger partial charge is 0.253 e. The molecule has 1 fully saturated rings. The number of alkyl halides is 2. The molecule has 1 aliphatic carbocycles. The Morgan fingerprint density at radius 1 is 1.20 bits per heavy atom. The zero-order valence-electron chi connectivity index (χ0n) is 15.5. The van der Waals surface area contributed by atoms with E-state index in [-0.39, 0.29) is 30.6 Å². The average Bonchev–Trinajstić information content (AvgIpc) is 3.27. The van der Waals surface area contributed by atoms with Crippen LogP contribution >= 0.6 is 11.6 Å². The fourth-order valence-electron chi connectivity index (χ4n) is 2.85. The van der Waals surface area contributed by atoms with Gasteiger partial charge in [0, 0.05) is 29.6 Å². The highest BCUT2D eigenvalue weighted by atomic mass is 35.5. The van der Waals surface area contributed by atoms with Crippen molar-refractivity contribution >= 4 is 39.1 Å². The summed E-state index contributed by atoms with van der Waals surface area (Å²) in [5, 5.41) is 10.4. The third kappa shape index (κ3) is 5.32. The minimum absolute atomic E-state index is 0.0534. The largest absolute Gasteiger partial charge is 0.351 e. The van der Waals surface area contributed by atoms with Crippen molar-refractivity contribution in [3.05, 3.63) is 58.6 Å². The van der Waals surface area contributed by atoms with Gasteiger partial charge in [-0.2, -0.15) is 0 Å². The van der Waals surface area contributed by atoms with Crippen molar-refractivity contribution in [3.8, 4) is 0 Å². The van der Waals surface area contributed by atoms with Crippen molar-refractivity contribution < 1.29 is 26.8 Å². The number of sulfonamides is 1. The van der Waals surface area contributed by atoms with Crippen molar-refractivity contribution in [3.63, 3.8) is 0 Å². The molecular weight excluding hydrogens is 440 g/mol. The van der Waals surface area contributed by atoms with Crippen LogP contribution in [0.5, 0.6) is 0 Å². The zero-order valence-corrected chi connectivity index (χ0v) is 17.1. The Balaban J connectivity index is 1.75. The molecule has 160 valence electrons. The second-order valence-electron chi connectivity index (χ2n) is 6.94. The van der Waals surface area contributed by atoms with Crippen molar-refractivity contribution in [2.24, 2.45) is 11.1 Å². The highest BCUT2D eigenvalue weighted by molar-refractivity contribution is 7.89. The van der Waals surface area contributed by atoms with Crippen molar-refractivity contribution in [2.45, 2.75) is 23.7 Å². The normalized spacial score (nSPS) is 17.3. The Labute approximate surface area is 176 Å². The number of rotatable bonds is 7. The molecule has 0 aromatic heterocycles. The summed E-state index contributed by atoms with van der Waals surface area (Å²) >= 11 is 6.02. The van der Waals surface area contributed by atoms with Crippen LogP contribution in [-0.4, -0.2) is 32.7 Å². The van der Waals surface area contributed by atoms with Crippen LogP contribution in [0.25, 0.3) is 0 Å². The SMILES string of the molecule is NS(=O)(=O)c1cc(NC(=O)Cc2ccccc2Cl)ccc1C(=O)NCC1CC1(F)F. The maximum Gasteiger partial charge on any atom is 0.253 e. The first-order valence-corrected chi connectivity index (χ1v) is 10.8. The molecule has 0 saturated heterocycles. The number of anilines is 1. The number of nitrogens with two attached hydrogens (primary N) is 1. The second-order valence-corrected chi connectivity index (χ2v) is 8.88. The van der Waals surface area contributed by atoms with E-state index in [4.69, 9.17) is 16.7 Å². The molecule has 1 unspecified atom stereocenters. The number of benzene rings is 2. The lowest BCUT2D eigenvalue weighted by molar-refractivity contribution is -0.115. The summed E-state index contributed by atoms with van der Waals surface area (Å²) in [5.41, 5.74) is 0.378. The molecule has 30 heavy (non-hydrogen) atoms. The Bertz CT molecular complexity index is 1110. The van der Waals surface area contributed by atoms with Crippen LogP contribution in [-0.2, 0) is 21.2 Å². The molecule has 1 aliphatic rings. The number of carbonyl (C=O) groups excluding carboxylic acids is 2. The fraction of sp³-hybridized carbons (Fsp3) is 0.263. The third-order valence-corrected chi connectivity index (χ3v) is 5.91. The van der Waals surface area contributed by atoms with Gasteiger partial charge >= 0.3 is 0 Å². The van der Waals surface area contributed by atoms with Crippen molar-refractivity contribution in [1.82, 2.24) is 5.32 Å². The predicted molar refractivity (Wildman–Crippen MR) is 107 cm³/mol. The van der Waals surface area contributed by atoms with Gasteiger partial charge in [0.1, 0.15) is 0 Å². The Hall–Kier alpha value is -2.56. The molecule has 0 bridgehead atoms. The standard InChI is InChI=1S/C19H18ClF2N3O4S/c20-15-4-2-1-3-11(15)7-17(26)25-13-5-6-14(16(8-13)30(23,28)29)18(27)24-10-12-9-19(12,21)22/h1-6,8,12H,7,9-10H2,(H,24,27)(H,25,26)(H2,23,28,29). The second kappa shape index (κ2) is 8.29. The molecule has 2 aromatic rings. The first kappa shape index (κ1) is 22.1. The molecule has 0 heterocycles. The summed E-state index contributed by atoms with van der Waals surface area (Å²) in [6.07, 6.45) is -0.381. The molecule has 2 amide bonds. The fourth-order valence-corrected chi connectivity index (χ4v) is 3.81. The summed E-state index contributed by atoms with van der Waals surface area (Å²) < 4.78 is 49.8. The van der Waals surface area contributed by atoms with Gasteiger partial charge in [0.05, 0.1) is 16.9 Å². The molecule has 11 heteroatoms. The van der Waals surface area contributed by atoms with E-state index in [9.17, 15) is 26.8 Å². The molecule has 1 saturated carbocycles. The van der Waals surface area contributed by atoms with Crippen LogP contribution in [0.4, 0.5) is 14.5 Å². The molecule has 0 spiro atoms. The van der Waals surface area contributed by atoms with E-state index in [1.165, 1.54) is 6.07 Å². The maximum atomic E-state index is 13.0. The molecule has 4 N–H and O–H groups in total. The quantitative estimate of drug-likeness (QED) is 0.592. The van der Waals surface area contributed by atoms with Gasteiger partial charge in [0.15, 0.2) is 0 Å². The molecule has 7 nitrogen and oxygen atoms in total. The van der Waals surface area contributed by atoms with Gasteiger partial charge in [-0.15, -0.1) is 0 Å². The van der Waals surface area contributed by atoms with E-state index >= 15 is 0 Å². The minimum Gasteiger partial charge on any atom is -0.351 e. The Morgan fingerprint density at radius 2 is 1.87 bits per heavy atom. The number of primary sulfonamides is 1. The van der Waals surface area contributed by atoms with Crippen LogP contribution in [0.2, 0.25) is 5.02 Å². The number of carbonyl (C=O) groups is 2. The lowest BCUT2D eigenvalue weighted by Gasteiger charge is -2.12. The molecule has 2 aromatic carbocycles. The topological polar surface area (TPSA) is 118 Å². The van der Waals surface area contributed by atoms with Gasteiger partial charge < -0.3 is 10.6 Å². The lowest BCUT2D eigenvalue weighted by atomic mass is 10.1. The summed E-state index contributed by atoms with van der Waals surface area (Å²) in [4.78, 5) is 24.0. The molecule has 0 radical (unpaired) electrons. The Morgan fingerprint density at radius 3 is 2.47 bits per heavy atom. The summed E-state index contributed by atoms with van der Waals surface area (Å²) in [6, 6.07) is 10.3.